The Morgan fingerprint density at radius 2 is 1.07 bits per heavy atom. The van der Waals surface area contributed by atoms with Crippen LogP contribution in [0.5, 0.6) is 0 Å². The fraction of sp³-hybridized carbons (Fsp3) is 0.535. The Hall–Kier alpha value is -4.01. The van der Waals surface area contributed by atoms with Crippen LogP contribution in [0.4, 0.5) is 34.1 Å². The van der Waals surface area contributed by atoms with Gasteiger partial charge in [0.2, 0.25) is 0 Å². The molecule has 310 valence electrons. The van der Waals surface area contributed by atoms with E-state index in [1.807, 2.05) is 63.5 Å². The van der Waals surface area contributed by atoms with E-state index in [1.165, 1.54) is 30.7 Å². The standard InChI is InChI=1S/C16H21FN2O2.C11H13FN2.C10H18N2O2.C6H4BrF/c1-16(2,3)21-15(20)19-10-13-8-14(19)9-18(13)12-6-4-5-11(17)7-12;12-8-2-1-3-10(4-8)14-7-9-5-11(14)6-13-9;1-10(2,3)14-9(13)12-6-7-4-8(12)5-11-7;7-5-2-1-3-6(8)4-5/h4-7,13-14H,8-10H2,1-3H3;1-4,9,11,13H,5-7H2;7-8,11H,4-6H2,1-3H3;1-4H/t13-,14-;9-,11-;7-,8-;/m000./s1. The number of piperazine rings is 3. The van der Waals surface area contributed by atoms with E-state index in [4.69, 9.17) is 9.47 Å². The van der Waals surface area contributed by atoms with Crippen LogP contribution < -0.4 is 20.4 Å². The molecule has 6 bridgehead atoms. The fourth-order valence-corrected chi connectivity index (χ4v) is 8.65. The lowest BCUT2D eigenvalue weighted by atomic mass is 10.2. The molecule has 0 aromatic heterocycles. The van der Waals surface area contributed by atoms with E-state index < -0.39 is 5.60 Å². The smallest absolute Gasteiger partial charge is 0.410 e. The van der Waals surface area contributed by atoms with Crippen molar-refractivity contribution in [2.24, 2.45) is 0 Å². The molecule has 3 aromatic carbocycles. The van der Waals surface area contributed by atoms with Crippen molar-refractivity contribution in [1.82, 2.24) is 20.4 Å². The van der Waals surface area contributed by atoms with E-state index in [1.54, 1.807) is 36.4 Å². The molecule has 2 amide bonds. The van der Waals surface area contributed by atoms with Gasteiger partial charge in [-0.3, -0.25) is 0 Å². The molecular formula is C43H56BrF3N6O4. The summed E-state index contributed by atoms with van der Waals surface area (Å²) in [7, 11) is 0. The molecule has 6 aliphatic heterocycles. The highest BCUT2D eigenvalue weighted by molar-refractivity contribution is 9.10. The number of nitrogens with zero attached hydrogens (tertiary/aromatic N) is 4. The highest BCUT2D eigenvalue weighted by Crippen LogP contribution is 2.36. The van der Waals surface area contributed by atoms with Gasteiger partial charge in [0.05, 0.1) is 6.04 Å². The molecule has 57 heavy (non-hydrogen) atoms. The van der Waals surface area contributed by atoms with Crippen LogP contribution >= 0.6 is 15.9 Å². The molecule has 0 saturated carbocycles. The summed E-state index contributed by atoms with van der Waals surface area (Å²) < 4.78 is 50.1. The summed E-state index contributed by atoms with van der Waals surface area (Å²) in [5, 5.41) is 6.79. The number of nitrogens with one attached hydrogen (secondary N) is 2. The summed E-state index contributed by atoms with van der Waals surface area (Å²) in [6, 6.07) is 22.2. The number of fused-ring (bicyclic) bond motifs is 6. The Kier molecular flexibility index (Phi) is 13.3. The summed E-state index contributed by atoms with van der Waals surface area (Å²) in [6.45, 7) is 16.5. The first-order chi connectivity index (χ1) is 26.9. The largest absolute Gasteiger partial charge is 0.444 e. The molecule has 14 heteroatoms. The minimum atomic E-state index is -0.471. The first-order valence-corrected chi connectivity index (χ1v) is 20.6. The van der Waals surface area contributed by atoms with Gasteiger partial charge in [0.25, 0.3) is 0 Å². The van der Waals surface area contributed by atoms with Gasteiger partial charge in [0, 0.05) is 85.3 Å². The zero-order valence-corrected chi connectivity index (χ0v) is 35.3. The summed E-state index contributed by atoms with van der Waals surface area (Å²) in [4.78, 5) is 32.1. The van der Waals surface area contributed by atoms with Crippen molar-refractivity contribution in [2.45, 2.75) is 108 Å². The van der Waals surface area contributed by atoms with Gasteiger partial charge in [-0.1, -0.05) is 34.1 Å². The maximum Gasteiger partial charge on any atom is 0.410 e. The zero-order chi connectivity index (χ0) is 41.1. The van der Waals surface area contributed by atoms with Crippen molar-refractivity contribution >= 4 is 39.5 Å². The number of likely N-dealkylation sites (tertiary alicyclic amines) is 2. The molecule has 0 unspecified atom stereocenters. The monoisotopic (exact) mass is 856 g/mol. The molecule has 9 rings (SSSR count). The van der Waals surface area contributed by atoms with Crippen LogP contribution in [-0.4, -0.2) is 109 Å². The minimum Gasteiger partial charge on any atom is -0.444 e. The number of anilines is 2. The van der Waals surface area contributed by atoms with E-state index in [0.717, 1.165) is 61.4 Å². The molecule has 0 spiro atoms. The van der Waals surface area contributed by atoms with Gasteiger partial charge >= 0.3 is 12.2 Å². The lowest BCUT2D eigenvalue weighted by molar-refractivity contribution is 0.0198. The maximum absolute atomic E-state index is 13.3. The Balaban J connectivity index is 0.000000135. The number of amides is 2. The Labute approximate surface area is 343 Å². The topological polar surface area (TPSA) is 89.6 Å². The third kappa shape index (κ3) is 11.6. The SMILES string of the molecule is CC(C)(C)OC(=O)N1C[C@@H]2C[C@H]1CN2.CC(C)(C)OC(=O)N1C[C@@H]2C[C@H]1CN2c1cccc(F)c1.Fc1cccc(Br)c1.Fc1cccc(N2C[C@@H]3C[C@H]2CN3)c1. The lowest BCUT2D eigenvalue weighted by Gasteiger charge is -2.36. The predicted octanol–water partition coefficient (Wildman–Crippen LogP) is 7.96. The van der Waals surface area contributed by atoms with Gasteiger partial charge in [0.1, 0.15) is 28.7 Å². The molecule has 6 aliphatic rings. The first-order valence-electron chi connectivity index (χ1n) is 19.8. The predicted molar refractivity (Wildman–Crippen MR) is 220 cm³/mol. The van der Waals surface area contributed by atoms with Gasteiger partial charge in [-0.25, -0.2) is 22.8 Å². The Morgan fingerprint density at radius 1 is 0.596 bits per heavy atom. The average molecular weight is 858 g/mol. The number of halogens is 4. The second-order valence-electron chi connectivity index (χ2n) is 17.5. The van der Waals surface area contributed by atoms with Gasteiger partial charge in [-0.15, -0.1) is 0 Å². The number of carbonyl (C=O) groups excluding carboxylic acids is 2. The minimum absolute atomic E-state index is 0.141. The molecule has 0 radical (unpaired) electrons. The number of ether oxygens (including phenoxy) is 2. The van der Waals surface area contributed by atoms with Crippen molar-refractivity contribution in [3.63, 3.8) is 0 Å². The second kappa shape index (κ2) is 17.9. The molecule has 6 fully saturated rings. The van der Waals surface area contributed by atoms with Gasteiger partial charge in [0.15, 0.2) is 0 Å². The van der Waals surface area contributed by atoms with E-state index in [2.05, 4.69) is 36.4 Å². The average Bonchev–Trinajstić information content (AvgIpc) is 4.00. The van der Waals surface area contributed by atoms with Gasteiger partial charge in [-0.05, 0) is 115 Å². The van der Waals surface area contributed by atoms with Gasteiger partial charge in [-0.2, -0.15) is 0 Å². The Bertz CT molecular complexity index is 1840. The zero-order valence-electron chi connectivity index (χ0n) is 33.7. The number of hydrogen-bond acceptors (Lipinski definition) is 8. The van der Waals surface area contributed by atoms with Crippen LogP contribution in [0.3, 0.4) is 0 Å². The fourth-order valence-electron chi connectivity index (χ4n) is 8.28. The van der Waals surface area contributed by atoms with E-state index in [-0.39, 0.29) is 47.3 Å². The summed E-state index contributed by atoms with van der Waals surface area (Å²) in [5.41, 5.74) is 1.07. The summed E-state index contributed by atoms with van der Waals surface area (Å²) in [6.07, 6.45) is 2.81. The first kappa shape index (κ1) is 42.6. The van der Waals surface area contributed by atoms with Crippen LogP contribution in [0.15, 0.2) is 77.3 Å². The number of rotatable bonds is 2. The molecule has 0 aliphatic carbocycles. The third-order valence-electron chi connectivity index (χ3n) is 10.7. The number of carbonyl (C=O) groups is 2. The highest BCUT2D eigenvalue weighted by Gasteiger charge is 2.47. The molecule has 6 heterocycles. The number of hydrogen-bond donors (Lipinski definition) is 2. The van der Waals surface area contributed by atoms with Crippen LogP contribution in [0.2, 0.25) is 0 Å². The van der Waals surface area contributed by atoms with Crippen LogP contribution in [0.25, 0.3) is 0 Å². The molecule has 2 N–H and O–H groups in total. The molecule has 6 atom stereocenters. The lowest BCUT2D eigenvalue weighted by Crippen LogP contribution is -2.50. The van der Waals surface area contributed by atoms with E-state index >= 15 is 0 Å². The van der Waals surface area contributed by atoms with Crippen molar-refractivity contribution in [2.75, 3.05) is 49.1 Å². The quantitative estimate of drug-likeness (QED) is 0.269. The van der Waals surface area contributed by atoms with Gasteiger partial charge < -0.3 is 39.7 Å². The summed E-state index contributed by atoms with van der Waals surface area (Å²) in [5.74, 6) is -0.572. The normalized spacial score (nSPS) is 25.3. The maximum atomic E-state index is 13.3. The van der Waals surface area contributed by atoms with E-state index in [0.29, 0.717) is 30.7 Å². The van der Waals surface area contributed by atoms with E-state index in [9.17, 15) is 22.8 Å². The van der Waals surface area contributed by atoms with Crippen LogP contribution in [-0.2, 0) is 9.47 Å². The molecule has 6 saturated heterocycles. The van der Waals surface area contributed by atoms with Crippen LogP contribution in [0.1, 0.15) is 60.8 Å². The van der Waals surface area contributed by atoms with Crippen molar-refractivity contribution in [1.29, 1.82) is 0 Å². The second-order valence-corrected chi connectivity index (χ2v) is 18.4. The summed E-state index contributed by atoms with van der Waals surface area (Å²) >= 11 is 3.12. The number of benzene rings is 3. The Morgan fingerprint density at radius 3 is 1.44 bits per heavy atom. The van der Waals surface area contributed by atoms with Crippen molar-refractivity contribution in [3.05, 3.63) is 94.7 Å². The molecule has 10 nitrogen and oxygen atoms in total. The van der Waals surface area contributed by atoms with Crippen molar-refractivity contribution in [3.8, 4) is 0 Å². The van der Waals surface area contributed by atoms with Crippen LogP contribution in [0, 0.1) is 17.5 Å². The highest BCUT2D eigenvalue weighted by atomic mass is 79.9. The van der Waals surface area contributed by atoms with Crippen molar-refractivity contribution < 1.29 is 32.2 Å². The molecule has 3 aromatic rings. The molecular weight excluding hydrogens is 801 g/mol. The third-order valence-corrected chi connectivity index (χ3v) is 11.2.